The molecule has 0 saturated heterocycles. The Morgan fingerprint density at radius 2 is 2.06 bits per heavy atom. The number of nitrogens with zero attached hydrogens (tertiary/aromatic N) is 4. The van der Waals surface area contributed by atoms with E-state index in [9.17, 15) is 10.1 Å². The van der Waals surface area contributed by atoms with Gasteiger partial charge in [-0.2, -0.15) is 5.10 Å². The molecule has 4 aromatic rings. The molecular formula is C26H22N4O3. The molecule has 0 spiro atoms. The topological polar surface area (TPSA) is 83.1 Å². The van der Waals surface area contributed by atoms with Crippen LogP contribution >= 0.6 is 0 Å². The maximum Gasteiger partial charge on any atom is 0.270 e. The molecule has 0 bridgehead atoms. The van der Waals surface area contributed by atoms with E-state index in [1.807, 2.05) is 35.1 Å². The lowest BCUT2D eigenvalue weighted by molar-refractivity contribution is -0.384. The van der Waals surface area contributed by atoms with Gasteiger partial charge in [0.2, 0.25) is 0 Å². The van der Waals surface area contributed by atoms with E-state index in [0.29, 0.717) is 17.9 Å². The van der Waals surface area contributed by atoms with Crippen LogP contribution in [0.4, 0.5) is 5.69 Å². The van der Waals surface area contributed by atoms with Gasteiger partial charge in [0.05, 0.1) is 22.3 Å². The maximum absolute atomic E-state index is 11.4. The first-order valence-corrected chi connectivity index (χ1v) is 10.7. The van der Waals surface area contributed by atoms with Crippen LogP contribution < -0.4 is 4.74 Å². The molecule has 0 amide bonds. The first-order valence-electron chi connectivity index (χ1n) is 10.7. The van der Waals surface area contributed by atoms with Gasteiger partial charge in [-0.05, 0) is 37.1 Å². The average molecular weight is 438 g/mol. The predicted octanol–water partition coefficient (Wildman–Crippen LogP) is 5.96. The van der Waals surface area contributed by atoms with Crippen molar-refractivity contribution >= 4 is 27.7 Å². The van der Waals surface area contributed by atoms with Crippen LogP contribution in [0.1, 0.15) is 42.3 Å². The van der Waals surface area contributed by atoms with E-state index in [4.69, 9.17) is 4.74 Å². The minimum absolute atomic E-state index is 0.0256. The van der Waals surface area contributed by atoms with Crippen molar-refractivity contribution in [1.29, 1.82) is 0 Å². The molecule has 2 aromatic heterocycles. The van der Waals surface area contributed by atoms with Crippen LogP contribution in [-0.4, -0.2) is 19.7 Å². The van der Waals surface area contributed by atoms with Gasteiger partial charge in [0.25, 0.3) is 5.69 Å². The molecule has 0 N–H and O–H groups in total. The number of pyridine rings is 1. The van der Waals surface area contributed by atoms with Crippen molar-refractivity contribution in [2.45, 2.75) is 26.5 Å². The Hall–Kier alpha value is -4.26. The lowest BCUT2D eigenvalue weighted by Crippen LogP contribution is -2.02. The highest BCUT2D eigenvalue weighted by molar-refractivity contribution is 6.05. The number of hydrogen-bond donors (Lipinski definition) is 0. The quantitative estimate of drug-likeness (QED) is 0.290. The SMILES string of the molecule is C=CC(=C1c2cc3cnn(C(C)C)c3cc2OCc2ncccc21)c1cccc([N+](=O)[O-])c1. The van der Waals surface area contributed by atoms with E-state index in [1.165, 1.54) is 6.07 Å². The molecule has 33 heavy (non-hydrogen) atoms. The zero-order valence-electron chi connectivity index (χ0n) is 18.4. The lowest BCUT2D eigenvalue weighted by Gasteiger charge is -2.16. The summed E-state index contributed by atoms with van der Waals surface area (Å²) in [6.45, 7) is 8.53. The maximum atomic E-state index is 11.4. The second kappa shape index (κ2) is 8.02. The molecule has 0 radical (unpaired) electrons. The largest absolute Gasteiger partial charge is 0.487 e. The molecular weight excluding hydrogens is 416 g/mol. The number of aromatic nitrogens is 3. The fourth-order valence-electron chi connectivity index (χ4n) is 4.31. The third kappa shape index (κ3) is 3.47. The van der Waals surface area contributed by atoms with Gasteiger partial charge >= 0.3 is 0 Å². The molecule has 0 unspecified atom stereocenters. The zero-order valence-corrected chi connectivity index (χ0v) is 18.4. The van der Waals surface area contributed by atoms with E-state index < -0.39 is 4.92 Å². The highest BCUT2D eigenvalue weighted by atomic mass is 16.6. The number of hydrogen-bond acceptors (Lipinski definition) is 5. The van der Waals surface area contributed by atoms with Crippen molar-refractivity contribution in [1.82, 2.24) is 14.8 Å². The Labute approximate surface area is 190 Å². The van der Waals surface area contributed by atoms with E-state index in [0.717, 1.165) is 38.9 Å². The van der Waals surface area contributed by atoms with Crippen LogP contribution in [0.5, 0.6) is 5.75 Å². The predicted molar refractivity (Wildman–Crippen MR) is 128 cm³/mol. The molecule has 5 rings (SSSR count). The summed E-state index contributed by atoms with van der Waals surface area (Å²) < 4.78 is 8.20. The Kier molecular flexibility index (Phi) is 5.01. The van der Waals surface area contributed by atoms with Gasteiger partial charge in [0.15, 0.2) is 0 Å². The summed E-state index contributed by atoms with van der Waals surface area (Å²) in [5, 5.41) is 17.0. The van der Waals surface area contributed by atoms with Crippen molar-refractivity contribution in [3.8, 4) is 5.75 Å². The lowest BCUT2D eigenvalue weighted by atomic mass is 9.88. The van der Waals surface area contributed by atoms with Crippen molar-refractivity contribution in [2.24, 2.45) is 0 Å². The molecule has 1 aliphatic rings. The number of fused-ring (bicyclic) bond motifs is 3. The number of nitro benzene ring substituents is 1. The Bertz CT molecular complexity index is 1450. The molecule has 0 aliphatic carbocycles. The fourth-order valence-corrected chi connectivity index (χ4v) is 4.31. The third-order valence-corrected chi connectivity index (χ3v) is 5.82. The average Bonchev–Trinajstić information content (AvgIpc) is 3.17. The van der Waals surface area contributed by atoms with Gasteiger partial charge in [0.1, 0.15) is 12.4 Å². The Balaban J connectivity index is 1.86. The number of non-ortho nitro benzene ring substituents is 1. The standard InChI is InChI=1S/C26H22N4O3/c1-4-20(17-7-5-8-19(11-17)30(31)32)26-21-9-6-10-27-23(21)15-33-25-13-24-18(12-22(25)26)14-28-29(24)16(2)3/h4-14,16H,1,15H2,2-3H3. The van der Waals surface area contributed by atoms with Gasteiger partial charge in [-0.15, -0.1) is 0 Å². The first-order chi connectivity index (χ1) is 16.0. The monoisotopic (exact) mass is 438 g/mol. The van der Waals surface area contributed by atoms with Gasteiger partial charge < -0.3 is 4.74 Å². The van der Waals surface area contributed by atoms with Gasteiger partial charge in [-0.25, -0.2) is 0 Å². The van der Waals surface area contributed by atoms with Crippen LogP contribution in [0, 0.1) is 10.1 Å². The summed E-state index contributed by atoms with van der Waals surface area (Å²) in [4.78, 5) is 15.6. The fraction of sp³-hybridized carbons (Fsp3) is 0.154. The first kappa shape index (κ1) is 20.6. The number of nitro groups is 1. The zero-order chi connectivity index (χ0) is 23.1. The second-order valence-electron chi connectivity index (χ2n) is 8.18. The molecule has 0 fully saturated rings. The number of ether oxygens (including phenoxy) is 1. The molecule has 3 heterocycles. The highest BCUT2D eigenvalue weighted by Crippen LogP contribution is 2.43. The normalized spacial score (nSPS) is 14.3. The van der Waals surface area contributed by atoms with E-state index in [1.54, 1.807) is 24.4 Å². The van der Waals surface area contributed by atoms with E-state index in [-0.39, 0.29) is 11.7 Å². The molecule has 1 aliphatic heterocycles. The summed E-state index contributed by atoms with van der Waals surface area (Å²) in [6, 6.07) is 14.8. The molecule has 0 atom stereocenters. The Morgan fingerprint density at radius 3 is 2.82 bits per heavy atom. The molecule has 7 heteroatoms. The van der Waals surface area contributed by atoms with Gasteiger partial charge in [-0.3, -0.25) is 19.8 Å². The number of rotatable bonds is 4. The van der Waals surface area contributed by atoms with Gasteiger partial charge in [-0.1, -0.05) is 30.9 Å². The van der Waals surface area contributed by atoms with Crippen LogP contribution in [-0.2, 0) is 6.61 Å². The minimum Gasteiger partial charge on any atom is -0.487 e. The summed E-state index contributed by atoms with van der Waals surface area (Å²) in [7, 11) is 0. The highest BCUT2D eigenvalue weighted by Gasteiger charge is 2.25. The summed E-state index contributed by atoms with van der Waals surface area (Å²) in [5.74, 6) is 0.711. The van der Waals surface area contributed by atoms with Gasteiger partial charge in [0, 0.05) is 52.5 Å². The third-order valence-electron chi connectivity index (χ3n) is 5.82. The van der Waals surface area contributed by atoms with E-state index >= 15 is 0 Å². The van der Waals surface area contributed by atoms with Crippen molar-refractivity contribution in [3.05, 3.63) is 106 Å². The number of allylic oxidation sites excluding steroid dienone is 2. The minimum atomic E-state index is -0.391. The smallest absolute Gasteiger partial charge is 0.270 e. The Morgan fingerprint density at radius 1 is 1.21 bits per heavy atom. The summed E-state index contributed by atoms with van der Waals surface area (Å²) in [6.07, 6.45) is 5.33. The van der Waals surface area contributed by atoms with Crippen molar-refractivity contribution in [3.63, 3.8) is 0 Å². The van der Waals surface area contributed by atoms with Crippen LogP contribution in [0.25, 0.3) is 22.0 Å². The summed E-state index contributed by atoms with van der Waals surface area (Å²) in [5.41, 5.74) is 5.94. The molecule has 2 aromatic carbocycles. The molecule has 164 valence electrons. The molecule has 0 saturated carbocycles. The van der Waals surface area contributed by atoms with E-state index in [2.05, 4.69) is 36.6 Å². The van der Waals surface area contributed by atoms with Crippen LogP contribution in [0.3, 0.4) is 0 Å². The van der Waals surface area contributed by atoms with Crippen LogP contribution in [0.2, 0.25) is 0 Å². The van der Waals surface area contributed by atoms with Crippen molar-refractivity contribution < 1.29 is 9.66 Å². The second-order valence-corrected chi connectivity index (χ2v) is 8.18. The number of benzene rings is 2. The molecule has 7 nitrogen and oxygen atoms in total. The van der Waals surface area contributed by atoms with Crippen molar-refractivity contribution in [2.75, 3.05) is 0 Å². The van der Waals surface area contributed by atoms with Crippen LogP contribution in [0.15, 0.2) is 73.6 Å². The summed E-state index contributed by atoms with van der Waals surface area (Å²) >= 11 is 0.